The van der Waals surface area contributed by atoms with E-state index < -0.39 is 64.8 Å². The third kappa shape index (κ3) is 6.41. The molecule has 2 fully saturated rings. The quantitative estimate of drug-likeness (QED) is 0.188. The largest absolute Gasteiger partial charge is 0.519 e. The summed E-state index contributed by atoms with van der Waals surface area (Å²) >= 11 is 0. The molecule has 3 N–H and O–H groups in total. The fraction of sp³-hybridized carbons (Fsp3) is 0.684. The lowest BCUT2D eigenvalue weighted by Crippen LogP contribution is -2.50. The minimum absolute atomic E-state index is 0.00705. The van der Waals surface area contributed by atoms with Crippen LogP contribution < -0.4 is 17.0 Å². The van der Waals surface area contributed by atoms with Crippen molar-refractivity contribution in [1.29, 1.82) is 0 Å². The van der Waals surface area contributed by atoms with Crippen LogP contribution in [-0.4, -0.2) is 74.7 Å². The molecule has 0 saturated carbocycles. The first kappa shape index (κ1) is 27.6. The Balaban J connectivity index is 1.54. The van der Waals surface area contributed by atoms with Gasteiger partial charge in [-0.3, -0.25) is 14.4 Å². The van der Waals surface area contributed by atoms with E-state index >= 15 is 0 Å². The molecule has 2 aliphatic rings. The van der Waals surface area contributed by atoms with E-state index in [4.69, 9.17) is 28.2 Å². The molecule has 2 saturated heterocycles. The van der Waals surface area contributed by atoms with Gasteiger partial charge in [0.05, 0.1) is 24.7 Å². The highest BCUT2D eigenvalue weighted by Crippen LogP contribution is 2.31. The minimum atomic E-state index is -4.77. The van der Waals surface area contributed by atoms with Crippen LogP contribution in [0.15, 0.2) is 13.6 Å². The minimum Gasteiger partial charge on any atom is -0.457 e. The molecule has 3 amide bonds. The number of fused-ring (bicyclic) bond motifs is 2. The van der Waals surface area contributed by atoms with Gasteiger partial charge in [0.15, 0.2) is 18.1 Å². The van der Waals surface area contributed by atoms with Crippen LogP contribution in [0.5, 0.6) is 0 Å². The van der Waals surface area contributed by atoms with E-state index in [2.05, 4.69) is 9.90 Å². The van der Waals surface area contributed by atoms with Crippen LogP contribution in [0, 0.1) is 12.3 Å². The van der Waals surface area contributed by atoms with Crippen LogP contribution in [-0.2, 0) is 44.6 Å². The summed E-state index contributed by atoms with van der Waals surface area (Å²) in [6.07, 6.45) is 0.540. The van der Waals surface area contributed by atoms with Crippen molar-refractivity contribution in [3.8, 4) is 0 Å². The van der Waals surface area contributed by atoms with E-state index in [1.165, 1.54) is 25.7 Å². The summed E-state index contributed by atoms with van der Waals surface area (Å²) in [4.78, 5) is 54.5. The van der Waals surface area contributed by atoms with Gasteiger partial charge in [0.25, 0.3) is 5.91 Å². The summed E-state index contributed by atoms with van der Waals surface area (Å²) in [7, 11) is -4.77. The van der Waals surface area contributed by atoms with Gasteiger partial charge in [0.2, 0.25) is 0 Å². The predicted octanol–water partition coefficient (Wildman–Crippen LogP) is -0.921. The highest BCUT2D eigenvalue weighted by atomic mass is 32.3. The number of ether oxygens (including phenoxy) is 1. The average molecular weight is 537 g/mol. The zero-order chi connectivity index (χ0) is 26.7. The Labute approximate surface area is 205 Å². The Morgan fingerprint density at radius 2 is 1.94 bits per heavy atom. The molecule has 0 spiro atoms. The van der Waals surface area contributed by atoms with Gasteiger partial charge < -0.3 is 24.2 Å². The molecule has 3 heterocycles. The van der Waals surface area contributed by atoms with Crippen LogP contribution in [0.2, 0.25) is 0 Å². The van der Waals surface area contributed by atoms with Gasteiger partial charge in [-0.25, -0.2) is 19.3 Å². The summed E-state index contributed by atoms with van der Waals surface area (Å²) in [5.74, 6) is -2.23. The number of carbonyl (C=O) groups excluding carboxylic acids is 3. The third-order valence-corrected chi connectivity index (χ3v) is 6.23. The molecule has 2 aliphatic heterocycles. The Morgan fingerprint density at radius 3 is 2.58 bits per heavy atom. The smallest absolute Gasteiger partial charge is 0.457 e. The maximum Gasteiger partial charge on any atom is 0.519 e. The van der Waals surface area contributed by atoms with Crippen molar-refractivity contribution in [2.75, 3.05) is 26.3 Å². The van der Waals surface area contributed by atoms with Crippen molar-refractivity contribution >= 4 is 28.3 Å². The van der Waals surface area contributed by atoms with E-state index in [1.807, 2.05) is 0 Å². The maximum absolute atomic E-state index is 12.7. The fourth-order valence-corrected chi connectivity index (χ4v) is 4.35. The number of nitrogens with one attached hydrogen (secondary N) is 1. The number of urea groups is 1. The molecule has 2 bridgehead atoms. The third-order valence-electron chi connectivity index (χ3n) is 5.48. The molecule has 1 aromatic rings. The van der Waals surface area contributed by atoms with E-state index in [1.54, 1.807) is 0 Å². The molecule has 202 valence electrons. The lowest BCUT2D eigenvalue weighted by Gasteiger charge is -2.28. The number of hydrogen-bond acceptors (Lipinski definition) is 13. The zero-order valence-electron chi connectivity index (χ0n) is 19.9. The molecule has 0 unspecified atom stereocenters. The number of rotatable bonds is 12. The second-order valence-electron chi connectivity index (χ2n) is 8.75. The van der Waals surface area contributed by atoms with Gasteiger partial charge in [-0.15, -0.1) is 4.28 Å². The van der Waals surface area contributed by atoms with Crippen molar-refractivity contribution in [2.24, 2.45) is 11.1 Å². The number of hydrogen-bond donors (Lipinski definition) is 2. The molecule has 1 aromatic heterocycles. The van der Waals surface area contributed by atoms with Crippen LogP contribution >= 0.6 is 0 Å². The summed E-state index contributed by atoms with van der Waals surface area (Å²) < 4.78 is 49.0. The monoisotopic (exact) mass is 536 g/mol. The number of aryl methyl sites for hydroxylation is 1. The van der Waals surface area contributed by atoms with Gasteiger partial charge in [-0.1, -0.05) is 0 Å². The number of esters is 1. The Morgan fingerprint density at radius 1 is 1.22 bits per heavy atom. The Hall–Kier alpha value is -2.99. The number of piperidine rings is 1. The molecule has 3 rings (SSSR count). The van der Waals surface area contributed by atoms with Gasteiger partial charge in [-0.2, -0.15) is 13.5 Å². The number of amides is 3. The zero-order valence-corrected chi connectivity index (χ0v) is 20.7. The van der Waals surface area contributed by atoms with Gasteiger partial charge in [0, 0.05) is 13.1 Å². The molecular formula is C19H28N4O12S. The Bertz CT molecular complexity index is 1140. The van der Waals surface area contributed by atoms with Crippen LogP contribution in [0.3, 0.4) is 0 Å². The topological polar surface area (TPSA) is 210 Å². The van der Waals surface area contributed by atoms with Gasteiger partial charge in [0.1, 0.15) is 6.04 Å². The first-order chi connectivity index (χ1) is 16.8. The lowest BCUT2D eigenvalue weighted by atomic mass is 9.95. The van der Waals surface area contributed by atoms with E-state index in [-0.39, 0.29) is 44.1 Å². The van der Waals surface area contributed by atoms with E-state index in [0.29, 0.717) is 5.06 Å². The molecule has 0 aliphatic carbocycles. The van der Waals surface area contributed by atoms with Crippen molar-refractivity contribution in [3.63, 3.8) is 0 Å². The van der Waals surface area contributed by atoms with Crippen LogP contribution in [0.4, 0.5) is 4.79 Å². The second-order valence-corrected chi connectivity index (χ2v) is 9.95. The summed E-state index contributed by atoms with van der Waals surface area (Å²) in [5.41, 5.74) is 6.03. The van der Waals surface area contributed by atoms with Crippen molar-refractivity contribution in [1.82, 2.24) is 15.4 Å². The van der Waals surface area contributed by atoms with Crippen LogP contribution in [0.25, 0.3) is 0 Å². The number of nitrogens with two attached hydrogens (primary N) is 1. The lowest BCUT2D eigenvalue weighted by molar-refractivity contribution is -0.157. The SMILES string of the molecule is Cc1oc(=O)oc1COC(=O)C(C)(C)COS(=O)(=O)ON1C(=O)N2C[C@H]1CC[C@H]2C(=O)NOCCN. The maximum atomic E-state index is 12.7. The molecule has 17 heteroatoms. The number of carbonyl (C=O) groups is 3. The summed E-state index contributed by atoms with van der Waals surface area (Å²) in [6, 6.07) is -2.34. The predicted molar refractivity (Wildman–Crippen MR) is 115 cm³/mol. The molecule has 16 nitrogen and oxygen atoms in total. The van der Waals surface area contributed by atoms with Crippen molar-refractivity contribution < 1.29 is 49.7 Å². The normalized spacial score (nSPS) is 20.1. The first-order valence-electron chi connectivity index (χ1n) is 10.9. The Kier molecular flexibility index (Phi) is 8.40. The molecular weight excluding hydrogens is 508 g/mol. The highest BCUT2D eigenvalue weighted by Gasteiger charge is 2.50. The molecule has 36 heavy (non-hydrogen) atoms. The van der Waals surface area contributed by atoms with E-state index in [9.17, 15) is 27.6 Å². The summed E-state index contributed by atoms with van der Waals surface area (Å²) in [6.45, 7) is 3.41. The fourth-order valence-electron chi connectivity index (χ4n) is 3.48. The highest BCUT2D eigenvalue weighted by molar-refractivity contribution is 7.81. The summed E-state index contributed by atoms with van der Waals surface area (Å²) in [5, 5.41) is 0.637. The number of hydroxylamine groups is 3. The first-order valence-corrected chi connectivity index (χ1v) is 12.2. The molecule has 2 atom stereocenters. The van der Waals surface area contributed by atoms with Crippen LogP contribution in [0.1, 0.15) is 38.2 Å². The second kappa shape index (κ2) is 11.0. The van der Waals surface area contributed by atoms with Gasteiger partial charge >= 0.3 is 28.2 Å². The molecule has 0 radical (unpaired) electrons. The average Bonchev–Trinajstić information content (AvgIpc) is 3.26. The molecule has 0 aromatic carbocycles. The standard InChI is InChI=1S/C19H28N4O12S/c1-11-14(34-18(27)33-11)9-30-16(25)19(2,3)10-32-36(28,29)35-23-12-4-5-13(22(8-12)17(23)26)15(24)21-31-7-6-20/h12-13H,4-10,20H2,1-3H3,(H,21,24)/t12-,13+/m1/s1. The van der Waals surface area contributed by atoms with E-state index in [0.717, 1.165) is 0 Å². The van der Waals surface area contributed by atoms with Gasteiger partial charge in [-0.05, 0) is 33.6 Å². The van der Waals surface area contributed by atoms with Crippen molar-refractivity contribution in [2.45, 2.75) is 52.3 Å². The number of nitrogens with zero attached hydrogens (tertiary/aromatic N) is 2. The van der Waals surface area contributed by atoms with Crippen molar-refractivity contribution in [3.05, 3.63) is 22.1 Å².